The van der Waals surface area contributed by atoms with E-state index in [0.717, 1.165) is 19.3 Å². The van der Waals surface area contributed by atoms with E-state index in [1.54, 1.807) is 6.07 Å². The van der Waals surface area contributed by atoms with E-state index >= 15 is 0 Å². The maximum atomic E-state index is 12.7. The van der Waals surface area contributed by atoms with E-state index in [4.69, 9.17) is 21.1 Å². The molecule has 0 aliphatic carbocycles. The fraction of sp³-hybridized carbons (Fsp3) is 0.318. The molecule has 0 atom stereocenters. The van der Waals surface area contributed by atoms with Crippen LogP contribution in [0.25, 0.3) is 0 Å². The molecule has 0 spiro atoms. The molecule has 8 heteroatoms. The summed E-state index contributed by atoms with van der Waals surface area (Å²) in [4.78, 5) is 12.7. The predicted octanol–water partition coefficient (Wildman–Crippen LogP) is 6.21. The lowest BCUT2D eigenvalue weighted by Gasteiger charge is -2.13. The highest BCUT2D eigenvalue weighted by Crippen LogP contribution is 2.36. The molecular weight excluding hydrogens is 406 g/mol. The fourth-order valence-electron chi connectivity index (χ4n) is 2.64. The number of carbonyl (C=O) groups is 1. The van der Waals surface area contributed by atoms with Gasteiger partial charge in [-0.3, -0.25) is 4.79 Å². The number of aryl methyl sites for hydroxylation is 1. The number of azo groups is 1. The molecule has 0 unspecified atom stereocenters. The van der Waals surface area contributed by atoms with Crippen molar-refractivity contribution in [3.05, 3.63) is 58.4 Å². The molecule has 0 fully saturated rings. The van der Waals surface area contributed by atoms with Crippen molar-refractivity contribution in [1.29, 1.82) is 0 Å². The Morgan fingerprint density at radius 2 is 1.80 bits per heavy atom. The highest BCUT2D eigenvalue weighted by Gasteiger charge is 2.17. The first-order valence-electron chi connectivity index (χ1n) is 9.53. The number of unbranched alkanes of at least 4 members (excludes halogenated alkanes) is 1. The molecule has 0 aromatic heterocycles. The van der Waals surface area contributed by atoms with Crippen molar-refractivity contribution in [2.24, 2.45) is 10.2 Å². The van der Waals surface area contributed by atoms with Gasteiger partial charge < -0.3 is 19.9 Å². The molecule has 1 amide bonds. The third kappa shape index (κ3) is 6.22. The predicted molar refractivity (Wildman–Crippen MR) is 118 cm³/mol. The Morgan fingerprint density at radius 1 is 1.13 bits per heavy atom. The Bertz CT molecular complexity index is 936. The number of hydrogen-bond acceptors (Lipinski definition) is 6. The number of halogens is 1. The summed E-state index contributed by atoms with van der Waals surface area (Å²) in [6, 6.07) is 10.6. The number of allylic oxidation sites excluding steroid dienone is 1. The third-order valence-electron chi connectivity index (χ3n) is 4.30. The number of aliphatic hydroxyl groups excluding tert-OH is 1. The summed E-state index contributed by atoms with van der Waals surface area (Å²) < 4.78 is 10.4. The summed E-state index contributed by atoms with van der Waals surface area (Å²) in [5.74, 6) is -0.172. The van der Waals surface area contributed by atoms with Gasteiger partial charge >= 0.3 is 0 Å². The molecule has 2 aromatic carbocycles. The van der Waals surface area contributed by atoms with Gasteiger partial charge in [-0.15, -0.1) is 5.11 Å². The number of nitrogens with zero attached hydrogens (tertiary/aromatic N) is 2. The zero-order valence-electron chi connectivity index (χ0n) is 17.5. The van der Waals surface area contributed by atoms with E-state index in [9.17, 15) is 9.90 Å². The smallest absolute Gasteiger partial charge is 0.279 e. The second-order valence-corrected chi connectivity index (χ2v) is 6.95. The number of methoxy groups -OCH3 is 2. The molecule has 0 bridgehead atoms. The van der Waals surface area contributed by atoms with Crippen molar-refractivity contribution in [2.45, 2.75) is 33.1 Å². The zero-order chi connectivity index (χ0) is 22.1. The van der Waals surface area contributed by atoms with E-state index in [-0.39, 0.29) is 11.5 Å². The van der Waals surface area contributed by atoms with E-state index < -0.39 is 5.91 Å². The fourth-order valence-corrected chi connectivity index (χ4v) is 2.88. The lowest BCUT2D eigenvalue weighted by Crippen LogP contribution is -2.15. The highest BCUT2D eigenvalue weighted by atomic mass is 35.5. The van der Waals surface area contributed by atoms with Crippen LogP contribution in [0.4, 0.5) is 11.4 Å². The van der Waals surface area contributed by atoms with Crippen molar-refractivity contribution in [3.8, 4) is 11.5 Å². The first-order chi connectivity index (χ1) is 14.4. The first kappa shape index (κ1) is 23.2. The molecule has 0 heterocycles. The van der Waals surface area contributed by atoms with Gasteiger partial charge in [0.25, 0.3) is 5.91 Å². The standard InChI is InChI=1S/C22H26ClN3O4/c1-5-6-7-15-8-10-16(11-9-15)25-26-21(14(2)27)22(28)24-18-12-17(23)19(29-3)13-20(18)30-4/h8-13,27H,5-7H2,1-4H3,(H,24,28)/b21-14+,26-25?. The molecule has 7 nitrogen and oxygen atoms in total. The van der Waals surface area contributed by atoms with Crippen LogP contribution in [-0.2, 0) is 11.2 Å². The van der Waals surface area contributed by atoms with Crippen molar-refractivity contribution < 1.29 is 19.4 Å². The maximum Gasteiger partial charge on any atom is 0.279 e. The summed E-state index contributed by atoms with van der Waals surface area (Å²) in [6.07, 6.45) is 3.25. The first-order valence-corrected chi connectivity index (χ1v) is 9.90. The van der Waals surface area contributed by atoms with Crippen molar-refractivity contribution >= 4 is 28.9 Å². The average molecular weight is 432 g/mol. The minimum Gasteiger partial charge on any atom is -0.510 e. The molecule has 30 heavy (non-hydrogen) atoms. The molecule has 0 aliphatic heterocycles. The third-order valence-corrected chi connectivity index (χ3v) is 4.60. The lowest BCUT2D eigenvalue weighted by molar-refractivity contribution is -0.113. The van der Waals surface area contributed by atoms with Crippen LogP contribution in [-0.4, -0.2) is 25.2 Å². The second-order valence-electron chi connectivity index (χ2n) is 6.55. The SMILES string of the molecule is CCCCc1ccc(N=N/C(C(=O)Nc2cc(Cl)c(OC)cc2OC)=C(\C)O)cc1. The summed E-state index contributed by atoms with van der Waals surface area (Å²) >= 11 is 6.13. The van der Waals surface area contributed by atoms with E-state index in [0.29, 0.717) is 27.9 Å². The molecule has 2 aromatic rings. The molecule has 0 saturated heterocycles. The van der Waals surface area contributed by atoms with Crippen LogP contribution in [0, 0.1) is 0 Å². The second kappa shape index (κ2) is 11.2. The number of aliphatic hydroxyl groups is 1. The number of ether oxygens (including phenoxy) is 2. The van der Waals surface area contributed by atoms with Gasteiger partial charge in [-0.1, -0.05) is 37.1 Å². The van der Waals surface area contributed by atoms with Crippen LogP contribution >= 0.6 is 11.6 Å². The zero-order valence-corrected chi connectivity index (χ0v) is 18.3. The van der Waals surface area contributed by atoms with Crippen LogP contribution in [0.3, 0.4) is 0 Å². The number of nitrogens with one attached hydrogen (secondary N) is 1. The largest absolute Gasteiger partial charge is 0.510 e. The van der Waals surface area contributed by atoms with Crippen LogP contribution < -0.4 is 14.8 Å². The van der Waals surface area contributed by atoms with Gasteiger partial charge in [0.15, 0.2) is 5.70 Å². The van der Waals surface area contributed by atoms with E-state index in [2.05, 4.69) is 22.5 Å². The summed E-state index contributed by atoms with van der Waals surface area (Å²) in [6.45, 7) is 3.51. The Morgan fingerprint density at radius 3 is 2.37 bits per heavy atom. The molecule has 0 radical (unpaired) electrons. The Labute approximate surface area is 181 Å². The molecule has 0 aliphatic rings. The quantitative estimate of drug-likeness (QED) is 0.280. The van der Waals surface area contributed by atoms with Crippen LogP contribution in [0.2, 0.25) is 5.02 Å². The Kier molecular flexibility index (Phi) is 8.68. The normalized spacial score (nSPS) is 11.9. The average Bonchev–Trinajstić information content (AvgIpc) is 2.73. The van der Waals surface area contributed by atoms with Gasteiger partial charge in [0.2, 0.25) is 0 Å². The summed E-state index contributed by atoms with van der Waals surface area (Å²) in [5.41, 5.74) is 1.87. The minimum absolute atomic E-state index is 0.223. The molecule has 2 rings (SSSR count). The molecular formula is C22H26ClN3O4. The number of carbonyl (C=O) groups excluding carboxylic acids is 1. The van der Waals surface area contributed by atoms with Crippen molar-refractivity contribution in [3.63, 3.8) is 0 Å². The number of hydrogen-bond donors (Lipinski definition) is 2. The minimum atomic E-state index is -0.655. The van der Waals surface area contributed by atoms with Gasteiger partial charge in [0, 0.05) is 6.07 Å². The Balaban J connectivity index is 2.19. The highest BCUT2D eigenvalue weighted by molar-refractivity contribution is 6.32. The lowest BCUT2D eigenvalue weighted by atomic mass is 10.1. The number of rotatable bonds is 9. The number of benzene rings is 2. The van der Waals surface area contributed by atoms with Crippen molar-refractivity contribution in [2.75, 3.05) is 19.5 Å². The summed E-state index contributed by atoms with van der Waals surface area (Å²) in [7, 11) is 2.93. The number of amides is 1. The van der Waals surface area contributed by atoms with E-state index in [1.165, 1.54) is 32.8 Å². The number of anilines is 1. The maximum absolute atomic E-state index is 12.7. The molecule has 0 saturated carbocycles. The van der Waals surface area contributed by atoms with Gasteiger partial charge in [0.05, 0.1) is 30.6 Å². The van der Waals surface area contributed by atoms with Crippen LogP contribution in [0.1, 0.15) is 32.3 Å². The summed E-state index contributed by atoms with van der Waals surface area (Å²) in [5, 5.41) is 20.9. The molecule has 2 N–H and O–H groups in total. The van der Waals surface area contributed by atoms with Gasteiger partial charge in [-0.05, 0) is 43.5 Å². The Hall–Kier alpha value is -3.06. The van der Waals surface area contributed by atoms with E-state index in [1.807, 2.05) is 24.3 Å². The van der Waals surface area contributed by atoms with Crippen LogP contribution in [0.5, 0.6) is 11.5 Å². The van der Waals surface area contributed by atoms with Crippen LogP contribution in [0.15, 0.2) is 58.1 Å². The van der Waals surface area contributed by atoms with Gasteiger partial charge in [-0.2, -0.15) is 5.11 Å². The monoisotopic (exact) mass is 431 g/mol. The van der Waals surface area contributed by atoms with Crippen molar-refractivity contribution in [1.82, 2.24) is 0 Å². The molecule has 160 valence electrons. The van der Waals surface area contributed by atoms with Gasteiger partial charge in [0.1, 0.15) is 17.3 Å². The topological polar surface area (TPSA) is 92.5 Å². The van der Waals surface area contributed by atoms with Gasteiger partial charge in [-0.25, -0.2) is 0 Å².